The van der Waals surface area contributed by atoms with Crippen molar-refractivity contribution in [1.82, 2.24) is 0 Å². The van der Waals surface area contributed by atoms with Crippen molar-refractivity contribution in [2.45, 2.75) is 116 Å². The van der Waals surface area contributed by atoms with E-state index in [0.29, 0.717) is 0 Å². The summed E-state index contributed by atoms with van der Waals surface area (Å²) in [6.45, 7) is 38.2. The second kappa shape index (κ2) is 33.3. The zero-order valence-electron chi connectivity index (χ0n) is 34.7. The second-order valence-electron chi connectivity index (χ2n) is 11.7. The van der Waals surface area contributed by atoms with Crippen LogP contribution in [0.3, 0.4) is 0 Å². The van der Waals surface area contributed by atoms with Crippen LogP contribution in [-0.2, 0) is 6.42 Å². The number of allylic oxidation sites excluding steroid dienone is 11. The van der Waals surface area contributed by atoms with Crippen LogP contribution in [-0.4, -0.2) is 13.3 Å². The Labute approximate surface area is 310 Å². The van der Waals surface area contributed by atoms with Crippen molar-refractivity contribution in [3.8, 4) is 0 Å². The Morgan fingerprint density at radius 2 is 1.34 bits per heavy atom. The summed E-state index contributed by atoms with van der Waals surface area (Å²) in [7, 11) is 1.78. The summed E-state index contributed by atoms with van der Waals surface area (Å²) in [5, 5.41) is 2.71. The lowest BCUT2D eigenvalue weighted by Gasteiger charge is -2.07. The van der Waals surface area contributed by atoms with Gasteiger partial charge in [-0.3, -0.25) is 4.99 Å². The molecular weight excluding hydrogens is 603 g/mol. The zero-order valence-corrected chi connectivity index (χ0v) is 34.7. The molecule has 0 atom stereocenters. The van der Waals surface area contributed by atoms with E-state index in [1.54, 1.807) is 13.1 Å². The number of benzene rings is 3. The van der Waals surface area contributed by atoms with Gasteiger partial charge in [0.2, 0.25) is 0 Å². The lowest BCUT2D eigenvalue weighted by molar-refractivity contribution is 0.961. The van der Waals surface area contributed by atoms with Crippen LogP contribution in [0.1, 0.15) is 119 Å². The highest BCUT2D eigenvalue weighted by Gasteiger charge is 2.02. The molecule has 0 aliphatic rings. The molecule has 50 heavy (non-hydrogen) atoms. The van der Waals surface area contributed by atoms with Gasteiger partial charge in [0.05, 0.1) is 0 Å². The molecule has 0 bridgehead atoms. The van der Waals surface area contributed by atoms with Gasteiger partial charge in [0.25, 0.3) is 0 Å². The molecule has 0 N–H and O–H groups in total. The second-order valence-corrected chi connectivity index (χ2v) is 11.7. The van der Waals surface area contributed by atoms with Gasteiger partial charge in [-0.15, -0.1) is 6.58 Å². The fourth-order valence-electron chi connectivity index (χ4n) is 4.33. The van der Waals surface area contributed by atoms with Crippen LogP contribution in [0.15, 0.2) is 150 Å². The molecule has 0 unspecified atom stereocenters. The molecule has 0 spiro atoms. The van der Waals surface area contributed by atoms with Crippen molar-refractivity contribution in [2.24, 2.45) is 4.99 Å². The number of aliphatic imine (C=N–C) groups is 1. The summed E-state index contributed by atoms with van der Waals surface area (Å²) in [5.41, 5.74) is 11.5. The highest BCUT2D eigenvalue weighted by atomic mass is 14.6. The maximum Gasteiger partial charge on any atom is 0.0277 e. The van der Waals surface area contributed by atoms with Crippen LogP contribution in [0.2, 0.25) is 0 Å². The van der Waals surface area contributed by atoms with E-state index in [1.807, 2.05) is 46.9 Å². The van der Waals surface area contributed by atoms with Gasteiger partial charge in [-0.1, -0.05) is 174 Å². The van der Waals surface area contributed by atoms with Crippen molar-refractivity contribution >= 4 is 22.6 Å². The van der Waals surface area contributed by atoms with E-state index in [4.69, 9.17) is 0 Å². The number of hydrogen-bond acceptors (Lipinski definition) is 1. The van der Waals surface area contributed by atoms with Gasteiger partial charge >= 0.3 is 0 Å². The first-order chi connectivity index (χ1) is 23.9. The van der Waals surface area contributed by atoms with Crippen LogP contribution in [0.5, 0.6) is 0 Å². The molecule has 0 aliphatic carbocycles. The topological polar surface area (TPSA) is 12.4 Å². The predicted octanol–water partition coefficient (Wildman–Crippen LogP) is 15.9. The van der Waals surface area contributed by atoms with E-state index in [0.717, 1.165) is 31.3 Å². The summed E-state index contributed by atoms with van der Waals surface area (Å²) in [6, 6.07) is 23.6. The van der Waals surface area contributed by atoms with Gasteiger partial charge in [0, 0.05) is 13.3 Å². The zero-order chi connectivity index (χ0) is 38.9. The third-order valence-corrected chi connectivity index (χ3v) is 7.08. The molecule has 0 heterocycles. The van der Waals surface area contributed by atoms with Gasteiger partial charge in [0.15, 0.2) is 0 Å². The van der Waals surface area contributed by atoms with Crippen molar-refractivity contribution in [3.63, 3.8) is 0 Å². The molecule has 3 aromatic carbocycles. The van der Waals surface area contributed by atoms with Gasteiger partial charge in [-0.25, -0.2) is 0 Å². The van der Waals surface area contributed by atoms with Crippen molar-refractivity contribution < 1.29 is 0 Å². The highest BCUT2D eigenvalue weighted by Crippen LogP contribution is 2.22. The molecular formula is C49H73N. The minimum atomic E-state index is 1.01. The lowest BCUT2D eigenvalue weighted by Crippen LogP contribution is -1.90. The minimum absolute atomic E-state index is 1.01. The quantitative estimate of drug-likeness (QED) is 0.115. The Hall–Kier alpha value is -4.23. The van der Waals surface area contributed by atoms with Gasteiger partial charge in [-0.2, -0.15) is 0 Å². The average Bonchev–Trinajstić information content (AvgIpc) is 3.12. The summed E-state index contributed by atoms with van der Waals surface area (Å²) in [6.07, 6.45) is 16.7. The number of aryl methyl sites for hydroxylation is 2. The number of hydrogen-bond donors (Lipinski definition) is 0. The minimum Gasteiger partial charge on any atom is -0.296 e. The molecule has 0 saturated heterocycles. The van der Waals surface area contributed by atoms with Crippen LogP contribution in [0, 0.1) is 6.92 Å². The molecule has 0 saturated carbocycles. The molecule has 0 aromatic heterocycles. The Kier molecular flexibility index (Phi) is 33.4. The number of rotatable bonds is 10. The molecule has 0 amide bonds. The molecule has 1 heteroatoms. The summed E-state index contributed by atoms with van der Waals surface area (Å²) in [5.74, 6) is 0. The monoisotopic (exact) mass is 676 g/mol. The van der Waals surface area contributed by atoms with E-state index in [1.165, 1.54) is 55.3 Å². The van der Waals surface area contributed by atoms with Gasteiger partial charge in [-0.05, 0) is 113 Å². The van der Waals surface area contributed by atoms with E-state index in [-0.39, 0.29) is 0 Å². The van der Waals surface area contributed by atoms with Gasteiger partial charge in [0.1, 0.15) is 0 Å². The predicted molar refractivity (Wildman–Crippen MR) is 236 cm³/mol. The normalized spacial score (nSPS) is 9.92. The van der Waals surface area contributed by atoms with Crippen LogP contribution in [0.25, 0.3) is 16.3 Å². The van der Waals surface area contributed by atoms with Crippen LogP contribution in [0.4, 0.5) is 0 Å². The number of fused-ring (bicyclic) bond motifs is 1. The van der Waals surface area contributed by atoms with Crippen LogP contribution >= 0.6 is 0 Å². The Balaban J connectivity index is -0.000000669. The fourth-order valence-corrected chi connectivity index (χ4v) is 4.33. The third-order valence-electron chi connectivity index (χ3n) is 7.08. The Bertz CT molecular complexity index is 1500. The average molecular weight is 676 g/mol. The van der Waals surface area contributed by atoms with Crippen LogP contribution < -0.4 is 0 Å². The third kappa shape index (κ3) is 24.0. The smallest absolute Gasteiger partial charge is 0.0277 e. The molecule has 0 fully saturated rings. The summed E-state index contributed by atoms with van der Waals surface area (Å²) >= 11 is 0. The standard InChI is InChI=1S/C22H26.C13H16.C7H13N.C3H6.2C2H6/c1-4-9-19(15-14-18(3)5-2)16-17-21-12-8-11-20-10-6-7-13-22(20)21;1-10(2)9-12(4)13-8-6-5-7-11(13)3;1-6(2)7(3)5-8-4;1-3-2;2*1-2/h6-15H,3-5,16-17H2,1-2H3;5-9H,4H2,1-3H3;5H,1-4H3;3H,1H2,2H3;2*1-2H3/b15-14-,19-9+;;;;;. The number of nitrogens with zero attached hydrogens (tertiary/aromatic N) is 1. The molecule has 274 valence electrons. The van der Waals surface area contributed by atoms with E-state index < -0.39 is 0 Å². The molecule has 1 nitrogen and oxygen atoms in total. The molecule has 3 aromatic rings. The first-order valence-corrected chi connectivity index (χ1v) is 18.5. The Morgan fingerprint density at radius 3 is 1.84 bits per heavy atom. The van der Waals surface area contributed by atoms with Gasteiger partial charge < -0.3 is 0 Å². The molecule has 3 rings (SSSR count). The fraction of sp³-hybridized carbons (Fsp3) is 0.367. The summed E-state index contributed by atoms with van der Waals surface area (Å²) < 4.78 is 0. The largest absolute Gasteiger partial charge is 0.296 e. The lowest BCUT2D eigenvalue weighted by atomic mass is 9.98. The van der Waals surface area contributed by atoms with E-state index >= 15 is 0 Å². The molecule has 0 aliphatic heterocycles. The summed E-state index contributed by atoms with van der Waals surface area (Å²) in [4.78, 5) is 3.87. The Morgan fingerprint density at radius 1 is 0.780 bits per heavy atom. The molecule has 0 radical (unpaired) electrons. The highest BCUT2D eigenvalue weighted by molar-refractivity contribution is 5.85. The maximum absolute atomic E-state index is 4.05. The van der Waals surface area contributed by atoms with Crippen molar-refractivity contribution in [3.05, 3.63) is 161 Å². The first kappa shape index (κ1) is 50.2. The maximum atomic E-state index is 4.05. The first-order valence-electron chi connectivity index (χ1n) is 18.5. The van der Waals surface area contributed by atoms with Crippen molar-refractivity contribution in [2.75, 3.05) is 7.05 Å². The SMILES string of the molecule is C=C(/C=C\C(=C/CC)CCc1cccc2ccccc12)CC.C=C(C=C(C)C)c1ccccc1C.C=CC.CC.CC.CN=CC(C)=C(C)C. The van der Waals surface area contributed by atoms with E-state index in [9.17, 15) is 0 Å². The van der Waals surface area contributed by atoms with Crippen molar-refractivity contribution in [1.29, 1.82) is 0 Å². The van der Waals surface area contributed by atoms with E-state index in [2.05, 4.69) is 165 Å².